The Labute approximate surface area is 112 Å². The molecule has 0 saturated heterocycles. The van der Waals surface area contributed by atoms with Crippen LogP contribution in [0, 0.1) is 0 Å². The molecule has 0 aliphatic carbocycles. The van der Waals surface area contributed by atoms with Crippen molar-refractivity contribution in [1.29, 1.82) is 0 Å². The number of nitrogens with zero attached hydrogens (tertiary/aromatic N) is 2. The molecule has 1 aromatic carbocycles. The fraction of sp³-hybridized carbons (Fsp3) is 0.333. The zero-order chi connectivity index (χ0) is 14.2. The zero-order valence-electron chi connectivity index (χ0n) is 11.6. The number of aromatic nitrogens is 2. The highest BCUT2D eigenvalue weighted by Crippen LogP contribution is 2.30. The Morgan fingerprint density at radius 2 is 1.79 bits per heavy atom. The summed E-state index contributed by atoms with van der Waals surface area (Å²) in [6, 6.07) is 7.90. The number of carbonyl (C=O) groups excluding carboxylic acids is 1. The van der Waals surface area contributed by atoms with Gasteiger partial charge in [-0.25, -0.2) is 4.68 Å². The molecule has 2 aromatic rings. The summed E-state index contributed by atoms with van der Waals surface area (Å²) < 4.78 is 1.30. The SMILES string of the molecule is Cn1nc(-c2ccc(C(C)(C)C)cc2)c(C=O)c1O. The molecule has 0 spiro atoms. The Hall–Kier alpha value is -2.10. The van der Waals surface area contributed by atoms with Gasteiger partial charge in [-0.15, -0.1) is 0 Å². The molecule has 19 heavy (non-hydrogen) atoms. The lowest BCUT2D eigenvalue weighted by atomic mass is 9.86. The van der Waals surface area contributed by atoms with Crippen molar-refractivity contribution in [2.45, 2.75) is 26.2 Å². The molecule has 0 atom stereocenters. The van der Waals surface area contributed by atoms with Crippen molar-refractivity contribution in [2.24, 2.45) is 7.05 Å². The lowest BCUT2D eigenvalue weighted by molar-refractivity contribution is 0.112. The van der Waals surface area contributed by atoms with Gasteiger partial charge in [-0.1, -0.05) is 45.0 Å². The number of rotatable bonds is 2. The van der Waals surface area contributed by atoms with Gasteiger partial charge in [0.15, 0.2) is 6.29 Å². The van der Waals surface area contributed by atoms with E-state index in [0.717, 1.165) is 5.56 Å². The largest absolute Gasteiger partial charge is 0.493 e. The third-order valence-electron chi connectivity index (χ3n) is 3.19. The van der Waals surface area contributed by atoms with Crippen LogP contribution in [0.15, 0.2) is 24.3 Å². The summed E-state index contributed by atoms with van der Waals surface area (Å²) >= 11 is 0. The predicted molar refractivity (Wildman–Crippen MR) is 74.4 cm³/mol. The summed E-state index contributed by atoms with van der Waals surface area (Å²) in [6.45, 7) is 6.43. The van der Waals surface area contributed by atoms with Crippen LogP contribution in [-0.4, -0.2) is 21.2 Å². The number of carbonyl (C=O) groups is 1. The maximum Gasteiger partial charge on any atom is 0.220 e. The fourth-order valence-electron chi connectivity index (χ4n) is 1.98. The molecule has 0 amide bonds. The lowest BCUT2D eigenvalue weighted by Gasteiger charge is -2.18. The van der Waals surface area contributed by atoms with Crippen LogP contribution in [0.1, 0.15) is 36.7 Å². The molecule has 4 heteroatoms. The van der Waals surface area contributed by atoms with E-state index in [2.05, 4.69) is 25.9 Å². The molecule has 2 rings (SSSR count). The van der Waals surface area contributed by atoms with Crippen LogP contribution in [0.2, 0.25) is 0 Å². The normalized spacial score (nSPS) is 11.6. The quantitative estimate of drug-likeness (QED) is 0.843. The van der Waals surface area contributed by atoms with Gasteiger partial charge in [0, 0.05) is 12.6 Å². The highest BCUT2D eigenvalue weighted by molar-refractivity contribution is 5.88. The van der Waals surface area contributed by atoms with E-state index < -0.39 is 0 Å². The molecule has 1 aromatic heterocycles. The molecule has 4 nitrogen and oxygen atoms in total. The third-order valence-corrected chi connectivity index (χ3v) is 3.19. The molecular formula is C15H18N2O2. The second kappa shape index (κ2) is 4.53. The minimum absolute atomic E-state index is 0.0816. The van der Waals surface area contributed by atoms with Crippen LogP contribution in [0.25, 0.3) is 11.3 Å². The summed E-state index contributed by atoms with van der Waals surface area (Å²) in [5.41, 5.74) is 2.86. The monoisotopic (exact) mass is 258 g/mol. The number of hydrogen-bond donors (Lipinski definition) is 1. The van der Waals surface area contributed by atoms with Gasteiger partial charge in [-0.05, 0) is 11.0 Å². The maximum absolute atomic E-state index is 11.0. The van der Waals surface area contributed by atoms with Gasteiger partial charge in [0.1, 0.15) is 11.3 Å². The number of aryl methyl sites for hydroxylation is 1. The zero-order valence-corrected chi connectivity index (χ0v) is 11.6. The predicted octanol–water partition coefficient (Wildman–Crippen LogP) is 2.90. The average molecular weight is 258 g/mol. The number of aldehydes is 1. The van der Waals surface area contributed by atoms with Crippen LogP contribution in [0.3, 0.4) is 0 Å². The smallest absolute Gasteiger partial charge is 0.220 e. The van der Waals surface area contributed by atoms with Crippen LogP contribution in [-0.2, 0) is 12.5 Å². The van der Waals surface area contributed by atoms with Crippen molar-refractivity contribution < 1.29 is 9.90 Å². The minimum atomic E-state index is -0.107. The molecular weight excluding hydrogens is 240 g/mol. The average Bonchev–Trinajstić information content (AvgIpc) is 2.64. The lowest BCUT2D eigenvalue weighted by Crippen LogP contribution is -2.10. The van der Waals surface area contributed by atoms with Gasteiger partial charge in [0.05, 0.1) is 0 Å². The molecule has 0 saturated carbocycles. The van der Waals surface area contributed by atoms with E-state index in [1.54, 1.807) is 7.05 Å². The molecule has 0 aliphatic heterocycles. The van der Waals surface area contributed by atoms with E-state index >= 15 is 0 Å². The molecule has 0 unspecified atom stereocenters. The molecule has 1 heterocycles. The summed E-state index contributed by atoms with van der Waals surface area (Å²) in [6.07, 6.45) is 0.634. The first-order valence-electron chi connectivity index (χ1n) is 6.16. The highest BCUT2D eigenvalue weighted by atomic mass is 16.3. The first-order chi connectivity index (χ1) is 8.84. The first kappa shape index (κ1) is 13.3. The van der Waals surface area contributed by atoms with Crippen LogP contribution in [0.4, 0.5) is 0 Å². The maximum atomic E-state index is 11.0. The number of aromatic hydroxyl groups is 1. The fourth-order valence-corrected chi connectivity index (χ4v) is 1.98. The van der Waals surface area contributed by atoms with E-state index in [1.807, 2.05) is 24.3 Å². The van der Waals surface area contributed by atoms with E-state index in [4.69, 9.17) is 0 Å². The Bertz CT molecular complexity index is 604. The summed E-state index contributed by atoms with van der Waals surface area (Å²) in [5.74, 6) is -0.107. The Morgan fingerprint density at radius 1 is 1.21 bits per heavy atom. The van der Waals surface area contributed by atoms with Crippen LogP contribution in [0.5, 0.6) is 5.88 Å². The van der Waals surface area contributed by atoms with Crippen molar-refractivity contribution in [3.05, 3.63) is 35.4 Å². The van der Waals surface area contributed by atoms with Gasteiger partial charge < -0.3 is 5.11 Å². The second-order valence-electron chi connectivity index (χ2n) is 5.65. The molecule has 0 bridgehead atoms. The third kappa shape index (κ3) is 2.38. The van der Waals surface area contributed by atoms with Gasteiger partial charge in [0.25, 0.3) is 0 Å². The van der Waals surface area contributed by atoms with E-state index in [1.165, 1.54) is 10.2 Å². The summed E-state index contributed by atoms with van der Waals surface area (Å²) in [4.78, 5) is 11.0. The van der Waals surface area contributed by atoms with E-state index in [9.17, 15) is 9.90 Å². The Balaban J connectivity index is 2.49. The summed E-state index contributed by atoms with van der Waals surface area (Å²) in [7, 11) is 1.61. The number of hydrogen-bond acceptors (Lipinski definition) is 3. The topological polar surface area (TPSA) is 55.1 Å². The second-order valence-corrected chi connectivity index (χ2v) is 5.65. The number of benzene rings is 1. The van der Waals surface area contributed by atoms with Crippen LogP contribution >= 0.6 is 0 Å². The molecule has 0 radical (unpaired) electrons. The summed E-state index contributed by atoms with van der Waals surface area (Å²) in [5, 5.41) is 13.9. The molecule has 1 N–H and O–H groups in total. The highest BCUT2D eigenvalue weighted by Gasteiger charge is 2.18. The van der Waals surface area contributed by atoms with Crippen molar-refractivity contribution >= 4 is 6.29 Å². The first-order valence-corrected chi connectivity index (χ1v) is 6.16. The van der Waals surface area contributed by atoms with Crippen molar-refractivity contribution in [2.75, 3.05) is 0 Å². The standard InChI is InChI=1S/C15H18N2O2/c1-15(2,3)11-7-5-10(6-8-11)13-12(9-18)14(19)17(4)16-13/h5-9,19H,1-4H3. The van der Waals surface area contributed by atoms with Gasteiger partial charge >= 0.3 is 0 Å². The van der Waals surface area contributed by atoms with E-state index in [0.29, 0.717) is 12.0 Å². The van der Waals surface area contributed by atoms with Crippen LogP contribution < -0.4 is 0 Å². The van der Waals surface area contributed by atoms with Crippen molar-refractivity contribution in [1.82, 2.24) is 9.78 Å². The van der Waals surface area contributed by atoms with Gasteiger partial charge in [-0.2, -0.15) is 5.10 Å². The Kier molecular flexibility index (Phi) is 3.18. The van der Waals surface area contributed by atoms with Gasteiger partial charge in [0.2, 0.25) is 5.88 Å². The van der Waals surface area contributed by atoms with E-state index in [-0.39, 0.29) is 16.9 Å². The minimum Gasteiger partial charge on any atom is -0.493 e. The van der Waals surface area contributed by atoms with Crippen molar-refractivity contribution in [3.8, 4) is 17.1 Å². The van der Waals surface area contributed by atoms with Crippen molar-refractivity contribution in [3.63, 3.8) is 0 Å². The van der Waals surface area contributed by atoms with Gasteiger partial charge in [-0.3, -0.25) is 4.79 Å². The Morgan fingerprint density at radius 3 is 2.26 bits per heavy atom. The molecule has 100 valence electrons. The molecule has 0 aliphatic rings. The molecule has 0 fully saturated rings.